The maximum absolute atomic E-state index is 14.1. The van der Waals surface area contributed by atoms with Gasteiger partial charge in [-0.2, -0.15) is 4.68 Å². The highest BCUT2D eigenvalue weighted by atomic mass is 16.6. The number of rotatable bonds is 16. The third kappa shape index (κ3) is 11.1. The van der Waals surface area contributed by atoms with Crippen LogP contribution in [0.5, 0.6) is 0 Å². The van der Waals surface area contributed by atoms with Crippen LogP contribution in [0, 0.1) is 0 Å². The van der Waals surface area contributed by atoms with Crippen LogP contribution in [0.25, 0.3) is 17.0 Å². The second-order valence-electron chi connectivity index (χ2n) is 19.8. The molecular weight excluding hydrogens is 909 g/mol. The normalized spacial score (nSPS) is 18.1. The van der Waals surface area contributed by atoms with Crippen LogP contribution < -0.4 is 16.2 Å². The molecule has 374 valence electrons. The van der Waals surface area contributed by atoms with Crippen molar-refractivity contribution in [1.29, 1.82) is 0 Å². The Kier molecular flexibility index (Phi) is 14.5. The number of aryl methyl sites for hydroxylation is 2. The summed E-state index contributed by atoms with van der Waals surface area (Å²) in [7, 11) is 0. The number of ether oxygens (including phenoxy) is 2. The number of para-hydroxylation sites is 2. The van der Waals surface area contributed by atoms with E-state index in [4.69, 9.17) is 14.5 Å². The molecule has 0 spiro atoms. The van der Waals surface area contributed by atoms with E-state index < -0.39 is 35.3 Å². The van der Waals surface area contributed by atoms with Crippen molar-refractivity contribution >= 4 is 52.3 Å². The molecule has 6 amide bonds. The van der Waals surface area contributed by atoms with Crippen LogP contribution in [0.2, 0.25) is 0 Å². The summed E-state index contributed by atoms with van der Waals surface area (Å²) in [5, 5.41) is 8.94. The number of hydrogen-bond acceptors (Lipinski definition) is 12. The fraction of sp³-hybridized carbons (Fsp3) is 0.462. The molecule has 19 heteroatoms. The van der Waals surface area contributed by atoms with Crippen LogP contribution in [-0.4, -0.2) is 152 Å². The monoisotopic (exact) mass is 970 g/mol. The molecule has 4 aliphatic rings. The summed E-state index contributed by atoms with van der Waals surface area (Å²) >= 11 is 0. The Labute approximate surface area is 411 Å². The maximum Gasteiger partial charge on any atom is 0.410 e. The summed E-state index contributed by atoms with van der Waals surface area (Å²) in [6.07, 6.45) is 3.99. The molecule has 2 aromatic heterocycles. The largest absolute Gasteiger partial charge is 0.444 e. The number of H-pyrrole nitrogens is 2. The van der Waals surface area contributed by atoms with E-state index in [1.165, 1.54) is 4.68 Å². The lowest BCUT2D eigenvalue weighted by Crippen LogP contribution is -2.54. The molecule has 1 unspecified atom stereocenters. The number of hydrogen-bond donors (Lipinski definition) is 4. The zero-order chi connectivity index (χ0) is 49.8. The standard InChI is InChI=1S/C52H62N10O9/c1-52(2,3)71-51(69)60-24-21-35(22-25-60)45-37(48(67)62(57-45)50-54-38-10-4-5-11-39(38)55-50)18-17-34-15-13-33(14-16-34)8-7-31-70-32-43(64)59-29-27-58(28-30-59)26-23-53-40-12-6-9-36-44(40)49(68)61(47(36)66)41-19-20-42(63)56-46(41)65/h4-6,9-16,35,41,53,57H,7-8,17-32H2,1-3H3,(H,54,55)(H,56,63,65). The summed E-state index contributed by atoms with van der Waals surface area (Å²) in [5.41, 5.74) is 5.76. The Bertz CT molecular complexity index is 2830. The van der Waals surface area contributed by atoms with E-state index in [0.29, 0.717) is 96.3 Å². The summed E-state index contributed by atoms with van der Waals surface area (Å²) < 4.78 is 13.0. The highest BCUT2D eigenvalue weighted by Gasteiger charge is 2.45. The smallest absolute Gasteiger partial charge is 0.410 e. The summed E-state index contributed by atoms with van der Waals surface area (Å²) in [5.74, 6) is -1.70. The van der Waals surface area contributed by atoms with Crippen molar-refractivity contribution in [1.82, 2.24) is 44.7 Å². The Hall–Kier alpha value is -7.12. The number of imide groups is 2. The highest BCUT2D eigenvalue weighted by molar-refractivity contribution is 6.25. The molecule has 0 radical (unpaired) electrons. The van der Waals surface area contributed by atoms with Crippen molar-refractivity contribution in [2.75, 3.05) is 70.9 Å². The third-order valence-electron chi connectivity index (χ3n) is 13.8. The predicted molar refractivity (Wildman–Crippen MR) is 263 cm³/mol. The fourth-order valence-corrected chi connectivity index (χ4v) is 9.94. The molecule has 19 nitrogen and oxygen atoms in total. The van der Waals surface area contributed by atoms with Gasteiger partial charge in [0.25, 0.3) is 17.4 Å². The number of nitrogens with one attached hydrogen (secondary N) is 4. The number of likely N-dealkylation sites (tertiary alicyclic amines) is 1. The number of anilines is 1. The SMILES string of the molecule is CC(C)(C)OC(=O)N1CCC(c2[nH]n(-c3nc4ccccc4[nH]3)c(=O)c2CCc2ccc(CCCOCC(=O)N3CCN(CCNc4cccc5c4C(=O)N(C4CCC(=O)NC4=O)C5=O)CC3)cc2)CC1. The van der Waals surface area contributed by atoms with Crippen molar-refractivity contribution in [3.05, 3.63) is 111 Å². The van der Waals surface area contributed by atoms with Gasteiger partial charge < -0.3 is 29.6 Å². The van der Waals surface area contributed by atoms with Gasteiger partial charge in [-0.1, -0.05) is 42.5 Å². The molecule has 6 heterocycles. The molecule has 4 aliphatic heterocycles. The van der Waals surface area contributed by atoms with Gasteiger partial charge >= 0.3 is 6.09 Å². The minimum absolute atomic E-state index is 0.0181. The summed E-state index contributed by atoms with van der Waals surface area (Å²) in [6, 6.07) is 20.1. The molecule has 4 N–H and O–H groups in total. The Morgan fingerprint density at radius 2 is 1.54 bits per heavy atom. The number of imidazole rings is 1. The number of aromatic amines is 2. The number of piperazine rings is 1. The first kappa shape index (κ1) is 48.9. The van der Waals surface area contributed by atoms with Crippen LogP contribution in [0.15, 0.2) is 71.5 Å². The van der Waals surface area contributed by atoms with Gasteiger partial charge in [-0.25, -0.2) is 9.78 Å². The van der Waals surface area contributed by atoms with Gasteiger partial charge in [0.1, 0.15) is 18.2 Å². The molecule has 3 saturated heterocycles. The first-order valence-electron chi connectivity index (χ1n) is 24.7. The number of carbonyl (C=O) groups excluding carboxylic acids is 6. The number of benzene rings is 3. The van der Waals surface area contributed by atoms with Crippen molar-refractivity contribution in [2.45, 2.75) is 89.7 Å². The van der Waals surface area contributed by atoms with E-state index in [2.05, 4.69) is 49.9 Å². The van der Waals surface area contributed by atoms with Gasteiger partial charge in [0.05, 0.1) is 22.2 Å². The minimum Gasteiger partial charge on any atom is -0.444 e. The highest BCUT2D eigenvalue weighted by Crippen LogP contribution is 2.33. The molecule has 0 bridgehead atoms. The van der Waals surface area contributed by atoms with Crippen LogP contribution in [0.3, 0.4) is 0 Å². The average molecular weight is 971 g/mol. The Morgan fingerprint density at radius 1 is 0.803 bits per heavy atom. The molecule has 71 heavy (non-hydrogen) atoms. The molecule has 3 aromatic carbocycles. The first-order chi connectivity index (χ1) is 34.2. The van der Waals surface area contributed by atoms with E-state index in [-0.39, 0.29) is 54.1 Å². The molecule has 3 fully saturated rings. The number of fused-ring (bicyclic) bond motifs is 2. The lowest BCUT2D eigenvalue weighted by Gasteiger charge is -2.34. The van der Waals surface area contributed by atoms with E-state index in [9.17, 15) is 33.6 Å². The van der Waals surface area contributed by atoms with E-state index in [1.807, 2.05) is 49.9 Å². The van der Waals surface area contributed by atoms with Gasteiger partial charge in [-0.15, -0.1) is 0 Å². The first-order valence-corrected chi connectivity index (χ1v) is 24.7. The van der Waals surface area contributed by atoms with E-state index in [0.717, 1.165) is 51.2 Å². The lowest BCUT2D eigenvalue weighted by molar-refractivity contribution is -0.138. The van der Waals surface area contributed by atoms with Crippen LogP contribution in [0.1, 0.15) is 102 Å². The fourth-order valence-electron chi connectivity index (χ4n) is 9.94. The van der Waals surface area contributed by atoms with Crippen molar-refractivity contribution < 1.29 is 38.2 Å². The van der Waals surface area contributed by atoms with Crippen LogP contribution in [0.4, 0.5) is 10.5 Å². The zero-order valence-electron chi connectivity index (χ0n) is 40.6. The van der Waals surface area contributed by atoms with Crippen molar-refractivity contribution in [3.63, 3.8) is 0 Å². The third-order valence-corrected chi connectivity index (χ3v) is 13.8. The lowest BCUT2D eigenvalue weighted by atomic mass is 9.90. The van der Waals surface area contributed by atoms with Crippen LogP contribution in [-0.2, 0) is 43.1 Å². The minimum atomic E-state index is -1.02. The molecule has 9 rings (SSSR count). The molecule has 1 atom stereocenters. The van der Waals surface area contributed by atoms with Crippen LogP contribution >= 0.6 is 0 Å². The molecule has 0 aliphatic carbocycles. The van der Waals surface area contributed by atoms with Crippen molar-refractivity contribution in [2.24, 2.45) is 0 Å². The zero-order valence-corrected chi connectivity index (χ0v) is 40.6. The second-order valence-corrected chi connectivity index (χ2v) is 19.8. The average Bonchev–Trinajstić information content (AvgIpc) is 4.01. The molecule has 0 saturated carbocycles. The number of carbonyl (C=O) groups is 6. The van der Waals surface area contributed by atoms with Gasteiger partial charge in [0, 0.05) is 88.2 Å². The number of aromatic nitrogens is 4. The van der Waals surface area contributed by atoms with Gasteiger partial charge in [0.2, 0.25) is 23.7 Å². The predicted octanol–water partition coefficient (Wildman–Crippen LogP) is 4.55. The van der Waals surface area contributed by atoms with E-state index >= 15 is 0 Å². The Balaban J connectivity index is 0.701. The van der Waals surface area contributed by atoms with E-state index in [1.54, 1.807) is 23.1 Å². The number of nitrogens with zero attached hydrogens (tertiary/aromatic N) is 6. The number of piperidine rings is 2. The quantitative estimate of drug-likeness (QED) is 0.0790. The molecule has 5 aromatic rings. The van der Waals surface area contributed by atoms with Gasteiger partial charge in [0.15, 0.2) is 0 Å². The maximum atomic E-state index is 14.1. The van der Waals surface area contributed by atoms with Crippen molar-refractivity contribution in [3.8, 4) is 5.95 Å². The Morgan fingerprint density at radius 3 is 2.25 bits per heavy atom. The number of amides is 6. The molecular formula is C52H62N10O9. The van der Waals surface area contributed by atoms with Gasteiger partial charge in [-0.3, -0.25) is 49.0 Å². The summed E-state index contributed by atoms with van der Waals surface area (Å²) in [4.78, 5) is 105. The van der Waals surface area contributed by atoms with Gasteiger partial charge in [-0.05, 0) is 101 Å². The topological polar surface area (TPSA) is 224 Å². The summed E-state index contributed by atoms with van der Waals surface area (Å²) in [6.45, 7) is 10.8. The second kappa shape index (κ2) is 21.1.